The van der Waals surface area contributed by atoms with Crippen LogP contribution >= 0.6 is 11.6 Å². The Balaban J connectivity index is 2.82. The Morgan fingerprint density at radius 1 is 1.50 bits per heavy atom. The Morgan fingerprint density at radius 3 is 2.75 bits per heavy atom. The molecule has 0 aliphatic heterocycles. The summed E-state index contributed by atoms with van der Waals surface area (Å²) in [5.74, 6) is -0.349. The van der Waals surface area contributed by atoms with Gasteiger partial charge in [-0.15, -0.1) is 0 Å². The number of nitro benzene ring substituents is 1. The minimum atomic E-state index is -0.577. The summed E-state index contributed by atoms with van der Waals surface area (Å²) in [7, 11) is 1.29. The molecule has 108 valence electrons. The van der Waals surface area contributed by atoms with Crippen LogP contribution in [0.4, 0.5) is 5.69 Å². The number of esters is 1. The summed E-state index contributed by atoms with van der Waals surface area (Å²) in [4.78, 5) is 21.6. The van der Waals surface area contributed by atoms with E-state index in [1.165, 1.54) is 31.4 Å². The maximum absolute atomic E-state index is 11.3. The molecule has 1 aromatic rings. The predicted molar refractivity (Wildman–Crippen MR) is 74.0 cm³/mol. The number of carbonyl (C=O) groups excluding carboxylic acids is 1. The summed E-state index contributed by atoms with van der Waals surface area (Å²) in [6.07, 6.45) is 2.02. The van der Waals surface area contributed by atoms with Crippen molar-refractivity contribution in [3.8, 4) is 5.75 Å². The van der Waals surface area contributed by atoms with Crippen molar-refractivity contribution in [3.63, 3.8) is 0 Å². The summed E-state index contributed by atoms with van der Waals surface area (Å²) in [6, 6.07) is 4.12. The maximum Gasteiger partial charge on any atom is 0.333 e. The van der Waals surface area contributed by atoms with Gasteiger partial charge in [0.25, 0.3) is 0 Å². The number of methoxy groups -OCH3 is 1. The molecule has 6 nitrogen and oxygen atoms in total. The lowest BCUT2D eigenvalue weighted by molar-refractivity contribution is -0.385. The van der Waals surface area contributed by atoms with Crippen molar-refractivity contribution in [2.45, 2.75) is 13.3 Å². The van der Waals surface area contributed by atoms with E-state index in [0.29, 0.717) is 12.0 Å². The molecule has 0 aromatic heterocycles. The number of benzene rings is 1. The molecule has 0 saturated heterocycles. The second-order valence-electron chi connectivity index (χ2n) is 3.75. The van der Waals surface area contributed by atoms with E-state index in [1.54, 1.807) is 6.92 Å². The molecular weight excluding hydrogens is 286 g/mol. The third kappa shape index (κ3) is 4.24. The molecular formula is C13H14ClNO5. The summed E-state index contributed by atoms with van der Waals surface area (Å²) < 4.78 is 9.89. The van der Waals surface area contributed by atoms with Gasteiger partial charge in [0.15, 0.2) is 5.75 Å². The normalized spacial score (nSPS) is 11.1. The number of rotatable bonds is 6. The van der Waals surface area contributed by atoms with Crippen LogP contribution < -0.4 is 4.74 Å². The van der Waals surface area contributed by atoms with Gasteiger partial charge in [-0.2, -0.15) is 0 Å². The first kappa shape index (κ1) is 16.0. The van der Waals surface area contributed by atoms with Crippen molar-refractivity contribution in [2.24, 2.45) is 0 Å². The standard InChI is InChI=1S/C13H14ClNO5/c1-3-9(13(16)19-2)6-7-20-12-5-4-10(14)8-11(12)15(17)18/h4-6,8H,3,7H2,1-2H3. The highest BCUT2D eigenvalue weighted by molar-refractivity contribution is 6.30. The number of hydrogen-bond donors (Lipinski definition) is 0. The molecule has 0 atom stereocenters. The van der Waals surface area contributed by atoms with Gasteiger partial charge in [0.1, 0.15) is 6.61 Å². The van der Waals surface area contributed by atoms with E-state index in [9.17, 15) is 14.9 Å². The average Bonchev–Trinajstić information content (AvgIpc) is 2.44. The first-order valence-electron chi connectivity index (χ1n) is 5.83. The van der Waals surface area contributed by atoms with Crippen LogP contribution in [0.3, 0.4) is 0 Å². The van der Waals surface area contributed by atoms with Gasteiger partial charge >= 0.3 is 11.7 Å². The van der Waals surface area contributed by atoms with Crippen molar-refractivity contribution in [1.82, 2.24) is 0 Å². The van der Waals surface area contributed by atoms with Crippen molar-refractivity contribution in [2.75, 3.05) is 13.7 Å². The summed E-state index contributed by atoms with van der Waals surface area (Å²) in [5.41, 5.74) is 0.228. The van der Waals surface area contributed by atoms with E-state index in [4.69, 9.17) is 16.3 Å². The molecule has 7 heteroatoms. The van der Waals surface area contributed by atoms with Crippen molar-refractivity contribution < 1.29 is 19.2 Å². The fourth-order valence-electron chi connectivity index (χ4n) is 1.49. The monoisotopic (exact) mass is 299 g/mol. The smallest absolute Gasteiger partial charge is 0.333 e. The van der Waals surface area contributed by atoms with Crippen LogP contribution in [0.2, 0.25) is 5.02 Å². The van der Waals surface area contributed by atoms with Gasteiger partial charge in [-0.3, -0.25) is 10.1 Å². The number of carbonyl (C=O) groups is 1. The molecule has 1 aromatic carbocycles. The molecule has 0 N–H and O–H groups in total. The zero-order chi connectivity index (χ0) is 15.1. The number of nitro groups is 1. The molecule has 0 heterocycles. The average molecular weight is 300 g/mol. The maximum atomic E-state index is 11.3. The van der Waals surface area contributed by atoms with Gasteiger partial charge < -0.3 is 9.47 Å². The second-order valence-corrected chi connectivity index (χ2v) is 4.19. The minimum Gasteiger partial charge on any atom is -0.483 e. The molecule has 0 bridgehead atoms. The second kappa shape index (κ2) is 7.49. The van der Waals surface area contributed by atoms with Crippen molar-refractivity contribution in [3.05, 3.63) is 45.0 Å². The highest BCUT2D eigenvalue weighted by Gasteiger charge is 2.15. The Labute approximate surface area is 121 Å². The topological polar surface area (TPSA) is 78.7 Å². The lowest BCUT2D eigenvalue weighted by atomic mass is 10.2. The highest BCUT2D eigenvalue weighted by Crippen LogP contribution is 2.29. The Bertz CT molecular complexity index is 542. The summed E-state index contributed by atoms with van der Waals surface area (Å²) in [6.45, 7) is 1.83. The van der Waals surface area contributed by atoms with E-state index >= 15 is 0 Å². The molecule has 1 rings (SSSR count). The molecule has 0 saturated carbocycles. The molecule has 0 unspecified atom stereocenters. The van der Waals surface area contributed by atoms with Crippen LogP contribution in [0.25, 0.3) is 0 Å². The fraction of sp³-hybridized carbons (Fsp3) is 0.308. The van der Waals surface area contributed by atoms with Crippen LogP contribution in [0.15, 0.2) is 29.8 Å². The predicted octanol–water partition coefficient (Wildman–Crippen LogP) is 3.14. The Hall–Kier alpha value is -2.08. The summed E-state index contributed by atoms with van der Waals surface area (Å²) >= 11 is 5.70. The van der Waals surface area contributed by atoms with Gasteiger partial charge in [0, 0.05) is 16.7 Å². The number of hydrogen-bond acceptors (Lipinski definition) is 5. The molecule has 0 radical (unpaired) electrons. The zero-order valence-corrected chi connectivity index (χ0v) is 11.8. The van der Waals surface area contributed by atoms with Crippen molar-refractivity contribution in [1.29, 1.82) is 0 Å². The van der Waals surface area contributed by atoms with E-state index < -0.39 is 10.9 Å². The summed E-state index contributed by atoms with van der Waals surface area (Å²) in [5, 5.41) is 11.1. The molecule has 0 aliphatic carbocycles. The zero-order valence-electron chi connectivity index (χ0n) is 11.1. The van der Waals surface area contributed by atoms with Gasteiger partial charge in [-0.25, -0.2) is 4.79 Å². The number of ether oxygens (including phenoxy) is 2. The molecule has 0 spiro atoms. The first-order chi connectivity index (χ1) is 9.49. The quantitative estimate of drug-likeness (QED) is 0.349. The van der Waals surface area contributed by atoms with Crippen LogP contribution in [0.1, 0.15) is 13.3 Å². The number of halogens is 1. The van der Waals surface area contributed by atoms with Gasteiger partial charge in [0.2, 0.25) is 0 Å². The van der Waals surface area contributed by atoms with Gasteiger partial charge in [-0.05, 0) is 24.6 Å². The third-order valence-electron chi connectivity index (χ3n) is 2.51. The third-order valence-corrected chi connectivity index (χ3v) is 2.75. The van der Waals surface area contributed by atoms with Gasteiger partial charge in [0.05, 0.1) is 12.0 Å². The van der Waals surface area contributed by atoms with Gasteiger partial charge in [-0.1, -0.05) is 18.5 Å². The molecule has 0 fully saturated rings. The largest absolute Gasteiger partial charge is 0.483 e. The first-order valence-corrected chi connectivity index (χ1v) is 6.21. The van der Waals surface area contributed by atoms with Crippen LogP contribution in [0.5, 0.6) is 5.75 Å². The van der Waals surface area contributed by atoms with Crippen LogP contribution in [0, 0.1) is 10.1 Å². The highest BCUT2D eigenvalue weighted by atomic mass is 35.5. The lowest BCUT2D eigenvalue weighted by Gasteiger charge is -2.06. The lowest BCUT2D eigenvalue weighted by Crippen LogP contribution is -2.06. The SMILES string of the molecule is CCC(=CCOc1ccc(Cl)cc1[N+](=O)[O-])C(=O)OC. The fourth-order valence-corrected chi connectivity index (χ4v) is 1.66. The Kier molecular flexibility index (Phi) is 5.99. The van der Waals surface area contributed by atoms with E-state index in [-0.39, 0.29) is 23.1 Å². The van der Waals surface area contributed by atoms with Crippen LogP contribution in [-0.4, -0.2) is 24.6 Å². The molecule has 0 aliphatic rings. The van der Waals surface area contributed by atoms with Crippen LogP contribution in [-0.2, 0) is 9.53 Å². The van der Waals surface area contributed by atoms with Crippen molar-refractivity contribution >= 4 is 23.3 Å². The molecule has 0 amide bonds. The van der Waals surface area contributed by atoms with E-state index in [2.05, 4.69) is 4.74 Å². The Morgan fingerprint density at radius 2 is 2.20 bits per heavy atom. The molecule has 20 heavy (non-hydrogen) atoms. The van der Waals surface area contributed by atoms with E-state index in [1.807, 2.05) is 0 Å². The van der Waals surface area contributed by atoms with E-state index in [0.717, 1.165) is 0 Å². The number of nitrogens with zero attached hydrogens (tertiary/aromatic N) is 1. The minimum absolute atomic E-state index is 0.0285.